The average molecular weight is 179 g/mol. The van der Waals surface area contributed by atoms with Crippen LogP contribution in [0.25, 0.3) is 0 Å². The maximum atomic E-state index is 4.13. The summed E-state index contributed by atoms with van der Waals surface area (Å²) in [6.07, 6.45) is 5.20. The lowest BCUT2D eigenvalue weighted by Crippen LogP contribution is -2.43. The van der Waals surface area contributed by atoms with Crippen molar-refractivity contribution in [2.75, 3.05) is 5.32 Å². The first-order valence-electron chi connectivity index (χ1n) is 4.92. The van der Waals surface area contributed by atoms with Gasteiger partial charge in [0.1, 0.15) is 0 Å². The van der Waals surface area contributed by atoms with E-state index in [0.717, 1.165) is 17.5 Å². The molecule has 0 amide bonds. The molecule has 1 saturated carbocycles. The fourth-order valence-electron chi connectivity index (χ4n) is 1.93. The summed E-state index contributed by atoms with van der Waals surface area (Å²) < 4.78 is 1.83. The van der Waals surface area contributed by atoms with Gasteiger partial charge in [-0.15, -0.1) is 0 Å². The van der Waals surface area contributed by atoms with Crippen molar-refractivity contribution in [1.82, 2.24) is 9.78 Å². The third-order valence-electron chi connectivity index (χ3n) is 3.21. The average Bonchev–Trinajstić information content (AvgIpc) is 2.50. The quantitative estimate of drug-likeness (QED) is 0.751. The molecule has 0 bridgehead atoms. The fraction of sp³-hybridized carbons (Fsp3) is 0.700. The van der Waals surface area contributed by atoms with Crippen LogP contribution in [-0.4, -0.2) is 15.8 Å². The first-order chi connectivity index (χ1) is 6.16. The molecule has 0 aromatic carbocycles. The highest BCUT2D eigenvalue weighted by molar-refractivity contribution is 5.40. The molecule has 0 saturated heterocycles. The van der Waals surface area contributed by atoms with Gasteiger partial charge in [-0.1, -0.05) is 13.8 Å². The number of nitrogens with one attached hydrogen (secondary N) is 1. The van der Waals surface area contributed by atoms with Gasteiger partial charge >= 0.3 is 0 Å². The lowest BCUT2D eigenvalue weighted by atomic mass is 9.71. The molecule has 3 atom stereocenters. The van der Waals surface area contributed by atoms with E-state index in [1.165, 1.54) is 6.42 Å². The smallest absolute Gasteiger partial charge is 0.0728 e. The first-order valence-corrected chi connectivity index (χ1v) is 4.92. The van der Waals surface area contributed by atoms with Gasteiger partial charge in [0.15, 0.2) is 0 Å². The van der Waals surface area contributed by atoms with Gasteiger partial charge in [0.2, 0.25) is 0 Å². The molecule has 1 N–H and O–H groups in total. The van der Waals surface area contributed by atoms with Crippen LogP contribution in [0.1, 0.15) is 20.3 Å². The standard InChI is InChI=1S/C10H17N3/c1-7-4-10(8(7)2)12-9-5-11-13(3)6-9/h5-8,10,12H,4H2,1-3H3. The maximum absolute atomic E-state index is 4.13. The summed E-state index contributed by atoms with van der Waals surface area (Å²) >= 11 is 0. The minimum atomic E-state index is 0.652. The summed E-state index contributed by atoms with van der Waals surface area (Å²) in [6.45, 7) is 4.62. The highest BCUT2D eigenvalue weighted by Gasteiger charge is 2.34. The molecule has 1 aromatic heterocycles. The minimum absolute atomic E-state index is 0.652. The Kier molecular flexibility index (Phi) is 2.02. The van der Waals surface area contributed by atoms with Crippen LogP contribution in [0.3, 0.4) is 0 Å². The number of nitrogens with zero attached hydrogens (tertiary/aromatic N) is 2. The zero-order valence-electron chi connectivity index (χ0n) is 8.49. The van der Waals surface area contributed by atoms with E-state index in [4.69, 9.17) is 0 Å². The number of anilines is 1. The van der Waals surface area contributed by atoms with Gasteiger partial charge in [0.25, 0.3) is 0 Å². The monoisotopic (exact) mass is 179 g/mol. The fourth-order valence-corrected chi connectivity index (χ4v) is 1.93. The van der Waals surface area contributed by atoms with Gasteiger partial charge in [-0.05, 0) is 18.3 Å². The van der Waals surface area contributed by atoms with E-state index < -0.39 is 0 Å². The van der Waals surface area contributed by atoms with E-state index in [2.05, 4.69) is 24.3 Å². The molecule has 3 nitrogen and oxygen atoms in total. The molecular weight excluding hydrogens is 162 g/mol. The van der Waals surface area contributed by atoms with Crippen molar-refractivity contribution in [1.29, 1.82) is 0 Å². The van der Waals surface area contributed by atoms with Crippen LogP contribution in [0.15, 0.2) is 12.4 Å². The Morgan fingerprint density at radius 3 is 2.77 bits per heavy atom. The van der Waals surface area contributed by atoms with Gasteiger partial charge in [0, 0.05) is 19.3 Å². The molecule has 0 spiro atoms. The van der Waals surface area contributed by atoms with E-state index >= 15 is 0 Å². The molecule has 1 heterocycles. The molecule has 2 rings (SSSR count). The highest BCUT2D eigenvalue weighted by Crippen LogP contribution is 2.35. The Labute approximate surface area is 79.1 Å². The van der Waals surface area contributed by atoms with Crippen molar-refractivity contribution in [3.05, 3.63) is 12.4 Å². The van der Waals surface area contributed by atoms with Crippen LogP contribution in [0.4, 0.5) is 5.69 Å². The van der Waals surface area contributed by atoms with Crippen molar-refractivity contribution in [2.45, 2.75) is 26.3 Å². The maximum Gasteiger partial charge on any atom is 0.0728 e. The molecule has 13 heavy (non-hydrogen) atoms. The predicted octanol–water partition coefficient (Wildman–Crippen LogP) is 1.88. The Morgan fingerprint density at radius 2 is 2.31 bits per heavy atom. The van der Waals surface area contributed by atoms with Crippen LogP contribution < -0.4 is 5.32 Å². The third-order valence-corrected chi connectivity index (χ3v) is 3.21. The number of aromatic nitrogens is 2. The third kappa shape index (κ3) is 1.55. The van der Waals surface area contributed by atoms with E-state index in [9.17, 15) is 0 Å². The second kappa shape index (κ2) is 3.05. The van der Waals surface area contributed by atoms with Crippen LogP contribution >= 0.6 is 0 Å². The normalized spacial score (nSPS) is 32.7. The highest BCUT2D eigenvalue weighted by atomic mass is 15.3. The Balaban J connectivity index is 1.93. The molecule has 3 heteroatoms. The number of hydrogen-bond acceptors (Lipinski definition) is 2. The van der Waals surface area contributed by atoms with E-state index in [1.54, 1.807) is 0 Å². The molecule has 0 aliphatic heterocycles. The van der Waals surface area contributed by atoms with Gasteiger partial charge in [0.05, 0.1) is 11.9 Å². The van der Waals surface area contributed by atoms with Crippen molar-refractivity contribution in [3.8, 4) is 0 Å². The van der Waals surface area contributed by atoms with Crippen molar-refractivity contribution in [2.24, 2.45) is 18.9 Å². The lowest BCUT2D eigenvalue weighted by molar-refractivity contribution is 0.189. The topological polar surface area (TPSA) is 29.9 Å². The van der Waals surface area contributed by atoms with Gasteiger partial charge < -0.3 is 5.32 Å². The second-order valence-corrected chi connectivity index (χ2v) is 4.23. The summed E-state index contributed by atoms with van der Waals surface area (Å²) in [4.78, 5) is 0. The SMILES string of the molecule is CC1CC(Nc2cnn(C)c2)C1C. The molecule has 1 aliphatic carbocycles. The summed E-state index contributed by atoms with van der Waals surface area (Å²) in [5, 5.41) is 7.62. The minimum Gasteiger partial charge on any atom is -0.379 e. The Hall–Kier alpha value is -0.990. The Bertz CT molecular complexity index is 292. The van der Waals surface area contributed by atoms with Crippen molar-refractivity contribution in [3.63, 3.8) is 0 Å². The van der Waals surface area contributed by atoms with Crippen LogP contribution in [0.2, 0.25) is 0 Å². The Morgan fingerprint density at radius 1 is 1.54 bits per heavy atom. The molecule has 72 valence electrons. The molecule has 1 fully saturated rings. The molecule has 1 aliphatic rings. The summed E-state index contributed by atoms with van der Waals surface area (Å²) in [7, 11) is 1.94. The second-order valence-electron chi connectivity index (χ2n) is 4.23. The van der Waals surface area contributed by atoms with Crippen LogP contribution in [0.5, 0.6) is 0 Å². The van der Waals surface area contributed by atoms with E-state index in [0.29, 0.717) is 6.04 Å². The molecule has 1 aromatic rings. The summed E-state index contributed by atoms with van der Waals surface area (Å²) in [5.74, 6) is 1.66. The van der Waals surface area contributed by atoms with E-state index in [-0.39, 0.29) is 0 Å². The van der Waals surface area contributed by atoms with Crippen molar-refractivity contribution >= 4 is 5.69 Å². The molecular formula is C10H17N3. The number of hydrogen-bond donors (Lipinski definition) is 1. The van der Waals surface area contributed by atoms with Crippen LogP contribution in [0, 0.1) is 11.8 Å². The predicted molar refractivity (Wildman–Crippen MR) is 53.6 cm³/mol. The first kappa shape index (κ1) is 8.60. The van der Waals surface area contributed by atoms with E-state index in [1.807, 2.05) is 24.1 Å². The summed E-state index contributed by atoms with van der Waals surface area (Å²) in [5.41, 5.74) is 1.14. The van der Waals surface area contributed by atoms with Gasteiger partial charge in [-0.3, -0.25) is 4.68 Å². The lowest BCUT2D eigenvalue weighted by Gasteiger charge is -2.41. The molecule has 0 radical (unpaired) electrons. The largest absolute Gasteiger partial charge is 0.379 e. The van der Waals surface area contributed by atoms with Crippen molar-refractivity contribution < 1.29 is 0 Å². The van der Waals surface area contributed by atoms with Gasteiger partial charge in [-0.25, -0.2) is 0 Å². The zero-order valence-corrected chi connectivity index (χ0v) is 8.49. The summed E-state index contributed by atoms with van der Waals surface area (Å²) in [6, 6.07) is 0.652. The number of aryl methyl sites for hydroxylation is 1. The number of rotatable bonds is 2. The van der Waals surface area contributed by atoms with Gasteiger partial charge in [-0.2, -0.15) is 5.10 Å². The van der Waals surface area contributed by atoms with Crippen LogP contribution in [-0.2, 0) is 7.05 Å². The zero-order chi connectivity index (χ0) is 9.42. The molecule has 3 unspecified atom stereocenters.